The number of benzene rings is 3. The van der Waals surface area contributed by atoms with E-state index in [4.69, 9.17) is 16.3 Å². The molecule has 0 aliphatic carbocycles. The Morgan fingerprint density at radius 1 is 1.00 bits per heavy atom. The second-order valence-corrected chi connectivity index (χ2v) is 10.6. The van der Waals surface area contributed by atoms with Crippen LogP contribution in [0.1, 0.15) is 24.5 Å². The average Bonchev–Trinajstić information content (AvgIpc) is 2.77. The van der Waals surface area contributed by atoms with Crippen LogP contribution in [0.4, 0.5) is 13.2 Å². The molecule has 35 heavy (non-hydrogen) atoms. The topological polar surface area (TPSA) is 56.3 Å². The van der Waals surface area contributed by atoms with Crippen molar-refractivity contribution in [2.45, 2.75) is 31.3 Å². The van der Waals surface area contributed by atoms with E-state index in [0.717, 1.165) is 6.07 Å². The maximum atomic E-state index is 13.5. The Kier molecular flexibility index (Phi) is 6.79. The highest BCUT2D eigenvalue weighted by Gasteiger charge is 2.33. The van der Waals surface area contributed by atoms with Crippen molar-refractivity contribution in [2.24, 2.45) is 0 Å². The Morgan fingerprint density at radius 2 is 1.74 bits per heavy atom. The van der Waals surface area contributed by atoms with Gasteiger partial charge >= 0.3 is 6.18 Å². The molecule has 1 aromatic heterocycles. The first kappa shape index (κ1) is 25.0. The minimum absolute atomic E-state index is 0.0173. The molecule has 0 aliphatic heterocycles. The molecule has 0 fully saturated rings. The van der Waals surface area contributed by atoms with Crippen LogP contribution in [0.25, 0.3) is 22.0 Å². The lowest BCUT2D eigenvalue weighted by Crippen LogP contribution is -2.07. The average molecular weight is 520 g/mol. The smallest absolute Gasteiger partial charge is 0.418 e. The second kappa shape index (κ2) is 9.51. The van der Waals surface area contributed by atoms with Gasteiger partial charge in [0.05, 0.1) is 21.7 Å². The van der Waals surface area contributed by atoms with Gasteiger partial charge in [-0.05, 0) is 66.4 Å². The van der Waals surface area contributed by atoms with E-state index in [1.165, 1.54) is 30.5 Å². The highest BCUT2D eigenvalue weighted by atomic mass is 35.5. The third-order valence-electron chi connectivity index (χ3n) is 5.43. The van der Waals surface area contributed by atoms with Crippen LogP contribution >= 0.6 is 11.6 Å². The largest absolute Gasteiger partial charge is 0.457 e. The highest BCUT2D eigenvalue weighted by molar-refractivity contribution is 7.91. The molecule has 0 spiro atoms. The summed E-state index contributed by atoms with van der Waals surface area (Å²) < 4.78 is 71.5. The van der Waals surface area contributed by atoms with Gasteiger partial charge in [0, 0.05) is 16.6 Å². The van der Waals surface area contributed by atoms with Crippen LogP contribution in [0, 0.1) is 6.92 Å². The number of ether oxygens (including phenoxy) is 1. The quantitative estimate of drug-likeness (QED) is 0.260. The number of alkyl halides is 3. The van der Waals surface area contributed by atoms with Gasteiger partial charge < -0.3 is 4.74 Å². The molecule has 4 nitrogen and oxygen atoms in total. The number of para-hydroxylation sites is 1. The Labute approximate surface area is 206 Å². The van der Waals surface area contributed by atoms with Crippen LogP contribution in [0.2, 0.25) is 5.02 Å². The van der Waals surface area contributed by atoms with Gasteiger partial charge in [-0.15, -0.1) is 0 Å². The molecule has 0 N–H and O–H groups in total. The van der Waals surface area contributed by atoms with Gasteiger partial charge in [-0.3, -0.25) is 4.98 Å². The number of hydrogen-bond donors (Lipinski definition) is 0. The fraction of sp³-hybridized carbons (Fsp3) is 0.192. The normalized spacial score (nSPS) is 12.2. The summed E-state index contributed by atoms with van der Waals surface area (Å²) in [5.41, 5.74) is 0.997. The zero-order valence-corrected chi connectivity index (χ0v) is 20.4. The zero-order valence-electron chi connectivity index (χ0n) is 18.9. The van der Waals surface area contributed by atoms with Gasteiger partial charge in [0.25, 0.3) is 0 Å². The summed E-state index contributed by atoms with van der Waals surface area (Å²) in [6.07, 6.45) is -2.66. The molecule has 0 amide bonds. The minimum atomic E-state index is -4.54. The maximum Gasteiger partial charge on any atom is 0.418 e. The van der Waals surface area contributed by atoms with Crippen LogP contribution in [0.3, 0.4) is 0 Å². The lowest BCUT2D eigenvalue weighted by molar-refractivity contribution is -0.136. The molecule has 3 aromatic carbocycles. The monoisotopic (exact) mass is 519 g/mol. The van der Waals surface area contributed by atoms with Gasteiger partial charge in [0.15, 0.2) is 9.84 Å². The molecule has 0 radical (unpaired) electrons. The number of sulfone groups is 1. The van der Waals surface area contributed by atoms with Crippen molar-refractivity contribution in [3.63, 3.8) is 0 Å². The first-order valence-electron chi connectivity index (χ1n) is 10.8. The number of halogens is 4. The summed E-state index contributed by atoms with van der Waals surface area (Å²) in [7, 11) is -3.51. The molecule has 1 heterocycles. The molecule has 4 rings (SSSR count). The van der Waals surface area contributed by atoms with Crippen molar-refractivity contribution >= 4 is 32.3 Å². The molecular formula is C26H21ClF3NO3S. The molecule has 0 atom stereocenters. The van der Waals surface area contributed by atoms with E-state index >= 15 is 0 Å². The summed E-state index contributed by atoms with van der Waals surface area (Å²) >= 11 is 6.14. The summed E-state index contributed by atoms with van der Waals surface area (Å²) in [4.78, 5) is 4.12. The van der Waals surface area contributed by atoms with Crippen LogP contribution in [0.15, 0.2) is 71.8 Å². The van der Waals surface area contributed by atoms with Gasteiger partial charge in [0.2, 0.25) is 0 Å². The van der Waals surface area contributed by atoms with Crippen LogP contribution in [0.5, 0.6) is 11.5 Å². The van der Waals surface area contributed by atoms with Crippen LogP contribution < -0.4 is 4.74 Å². The molecule has 0 saturated carbocycles. The van der Waals surface area contributed by atoms with Crippen molar-refractivity contribution in [3.05, 3.63) is 83.0 Å². The van der Waals surface area contributed by atoms with E-state index in [1.807, 2.05) is 0 Å². The number of fused-ring (bicyclic) bond motifs is 1. The highest BCUT2D eigenvalue weighted by Crippen LogP contribution is 2.39. The lowest BCUT2D eigenvalue weighted by Gasteiger charge is -2.15. The van der Waals surface area contributed by atoms with E-state index in [0.29, 0.717) is 34.2 Å². The SMILES string of the molecule is CCCS(=O)(=O)c1cc(Cl)cc(Oc2cccc(-c3c(C)cnc4c(C(F)(F)F)cccc34)c2)c1. The van der Waals surface area contributed by atoms with Crippen molar-refractivity contribution in [2.75, 3.05) is 5.75 Å². The Bertz CT molecular complexity index is 1520. The van der Waals surface area contributed by atoms with Crippen molar-refractivity contribution in [1.82, 2.24) is 4.98 Å². The van der Waals surface area contributed by atoms with Crippen LogP contribution in [-0.4, -0.2) is 19.2 Å². The van der Waals surface area contributed by atoms with E-state index in [1.54, 1.807) is 44.2 Å². The van der Waals surface area contributed by atoms with E-state index < -0.39 is 21.6 Å². The molecule has 0 bridgehead atoms. The summed E-state index contributed by atoms with van der Waals surface area (Å²) in [5.74, 6) is 0.594. The van der Waals surface area contributed by atoms with E-state index in [2.05, 4.69) is 4.98 Å². The number of aromatic nitrogens is 1. The molecule has 9 heteroatoms. The first-order chi connectivity index (χ1) is 16.5. The van der Waals surface area contributed by atoms with Gasteiger partial charge in [0.1, 0.15) is 11.5 Å². The van der Waals surface area contributed by atoms with Gasteiger partial charge in [-0.2, -0.15) is 13.2 Å². The summed E-state index contributed by atoms with van der Waals surface area (Å²) in [6, 6.07) is 15.1. The Morgan fingerprint density at radius 3 is 2.46 bits per heavy atom. The van der Waals surface area contributed by atoms with Crippen molar-refractivity contribution in [3.8, 4) is 22.6 Å². The molecule has 4 aromatic rings. The van der Waals surface area contributed by atoms with Gasteiger partial charge in [-0.1, -0.05) is 42.8 Å². The third-order valence-corrected chi connectivity index (χ3v) is 7.55. The van der Waals surface area contributed by atoms with Gasteiger partial charge in [-0.25, -0.2) is 8.42 Å². The molecule has 0 aliphatic rings. The number of hydrogen-bond acceptors (Lipinski definition) is 4. The summed E-state index contributed by atoms with van der Waals surface area (Å²) in [5, 5.41) is 0.580. The number of aryl methyl sites for hydroxylation is 1. The van der Waals surface area contributed by atoms with E-state index in [-0.39, 0.29) is 26.9 Å². The second-order valence-electron chi connectivity index (χ2n) is 8.09. The number of pyridine rings is 1. The fourth-order valence-electron chi connectivity index (χ4n) is 3.95. The minimum Gasteiger partial charge on any atom is -0.457 e. The molecule has 0 saturated heterocycles. The van der Waals surface area contributed by atoms with Crippen molar-refractivity contribution < 1.29 is 26.3 Å². The van der Waals surface area contributed by atoms with Crippen LogP contribution in [-0.2, 0) is 16.0 Å². The number of rotatable bonds is 6. The predicted octanol–water partition coefficient (Wildman–Crippen LogP) is 7.86. The Balaban J connectivity index is 1.78. The maximum absolute atomic E-state index is 13.5. The Hall–Kier alpha value is -3.10. The van der Waals surface area contributed by atoms with Crippen molar-refractivity contribution in [1.29, 1.82) is 0 Å². The lowest BCUT2D eigenvalue weighted by atomic mass is 9.95. The standard InChI is InChI=1S/C26H21ClF3NO3S/c1-3-10-35(32,33)21-13-18(27)12-20(14-21)34-19-7-4-6-17(11-19)24-16(2)15-31-25-22(24)8-5-9-23(25)26(28,29)30/h4-9,11-15H,3,10H2,1-2H3. The first-order valence-corrected chi connectivity index (χ1v) is 12.8. The third kappa shape index (κ3) is 5.28. The predicted molar refractivity (Wildman–Crippen MR) is 131 cm³/mol. The zero-order chi connectivity index (χ0) is 25.4. The molecule has 0 unspecified atom stereocenters. The fourth-order valence-corrected chi connectivity index (χ4v) is 5.61. The molecule has 182 valence electrons. The number of nitrogens with zero attached hydrogens (tertiary/aromatic N) is 1. The summed E-state index contributed by atoms with van der Waals surface area (Å²) in [6.45, 7) is 3.55. The van der Waals surface area contributed by atoms with E-state index in [9.17, 15) is 21.6 Å². The molecular weight excluding hydrogens is 499 g/mol.